The Hall–Kier alpha value is -2.74. The SMILES string of the molecule is N#Cc1ccccc1-c1ccc(CSc2cc3nc[nH]c3cc2Cl)cc1. The molecule has 0 aliphatic rings. The molecule has 3 aromatic carbocycles. The van der Waals surface area contributed by atoms with Crippen molar-refractivity contribution in [3.8, 4) is 17.2 Å². The Morgan fingerprint density at radius 2 is 1.88 bits per heavy atom. The Balaban J connectivity index is 1.52. The summed E-state index contributed by atoms with van der Waals surface area (Å²) in [7, 11) is 0. The first kappa shape index (κ1) is 16.7. The van der Waals surface area contributed by atoms with Gasteiger partial charge in [-0.25, -0.2) is 4.98 Å². The minimum Gasteiger partial charge on any atom is -0.345 e. The molecule has 0 saturated heterocycles. The van der Waals surface area contributed by atoms with Gasteiger partial charge in [0.2, 0.25) is 0 Å². The number of halogens is 1. The number of imidazole rings is 1. The summed E-state index contributed by atoms with van der Waals surface area (Å²) in [6, 6.07) is 22.1. The van der Waals surface area contributed by atoms with Crippen LogP contribution in [0.1, 0.15) is 11.1 Å². The van der Waals surface area contributed by atoms with Gasteiger partial charge < -0.3 is 4.98 Å². The average Bonchev–Trinajstić information content (AvgIpc) is 3.13. The van der Waals surface area contributed by atoms with Gasteiger partial charge in [0.15, 0.2) is 0 Å². The standard InChI is InChI=1S/C21H14ClN3S/c22-18-9-19-20(25-13-24-19)10-21(18)26-12-14-5-7-15(8-6-14)17-4-2-1-3-16(17)11-23/h1-10,13H,12H2,(H,24,25). The smallest absolute Gasteiger partial charge is 0.0998 e. The molecule has 0 fully saturated rings. The molecule has 0 atom stereocenters. The summed E-state index contributed by atoms with van der Waals surface area (Å²) in [4.78, 5) is 8.37. The summed E-state index contributed by atoms with van der Waals surface area (Å²) >= 11 is 8.06. The zero-order valence-corrected chi connectivity index (χ0v) is 15.3. The van der Waals surface area contributed by atoms with Gasteiger partial charge in [0.1, 0.15) is 0 Å². The molecular weight excluding hydrogens is 362 g/mol. The highest BCUT2D eigenvalue weighted by Gasteiger charge is 2.07. The number of nitriles is 1. The molecule has 1 N–H and O–H groups in total. The van der Waals surface area contributed by atoms with Gasteiger partial charge in [-0.1, -0.05) is 54.1 Å². The van der Waals surface area contributed by atoms with E-state index in [9.17, 15) is 5.26 Å². The summed E-state index contributed by atoms with van der Waals surface area (Å²) < 4.78 is 0. The number of fused-ring (bicyclic) bond motifs is 1. The topological polar surface area (TPSA) is 52.5 Å². The number of hydrogen-bond acceptors (Lipinski definition) is 3. The third kappa shape index (κ3) is 3.32. The van der Waals surface area contributed by atoms with Crippen LogP contribution < -0.4 is 0 Å². The van der Waals surface area contributed by atoms with Crippen molar-refractivity contribution in [3.63, 3.8) is 0 Å². The molecule has 0 bridgehead atoms. The van der Waals surface area contributed by atoms with Crippen molar-refractivity contribution in [3.05, 3.63) is 83.1 Å². The predicted octanol–water partition coefficient (Wildman–Crippen LogP) is 6.05. The van der Waals surface area contributed by atoms with E-state index < -0.39 is 0 Å². The van der Waals surface area contributed by atoms with Gasteiger partial charge in [-0.05, 0) is 34.9 Å². The van der Waals surface area contributed by atoms with E-state index in [4.69, 9.17) is 11.6 Å². The van der Waals surface area contributed by atoms with Crippen LogP contribution in [-0.2, 0) is 5.75 Å². The normalized spacial score (nSPS) is 10.8. The Labute approximate surface area is 160 Å². The highest BCUT2D eigenvalue weighted by molar-refractivity contribution is 7.98. The lowest BCUT2D eigenvalue weighted by atomic mass is 10.00. The highest BCUT2D eigenvalue weighted by Crippen LogP contribution is 2.33. The van der Waals surface area contributed by atoms with Crippen molar-refractivity contribution in [1.82, 2.24) is 9.97 Å². The second kappa shape index (κ2) is 7.25. The van der Waals surface area contributed by atoms with Crippen molar-refractivity contribution in [2.75, 3.05) is 0 Å². The number of benzene rings is 3. The van der Waals surface area contributed by atoms with E-state index in [2.05, 4.69) is 40.3 Å². The molecule has 126 valence electrons. The van der Waals surface area contributed by atoms with Crippen molar-refractivity contribution in [1.29, 1.82) is 5.26 Å². The van der Waals surface area contributed by atoms with Gasteiger partial charge in [0.05, 0.1) is 34.0 Å². The van der Waals surface area contributed by atoms with Gasteiger partial charge in [-0.2, -0.15) is 5.26 Å². The third-order valence-electron chi connectivity index (χ3n) is 4.18. The van der Waals surface area contributed by atoms with Crippen LogP contribution in [0.15, 0.2) is 71.9 Å². The molecule has 4 rings (SSSR count). The van der Waals surface area contributed by atoms with Crippen molar-refractivity contribution < 1.29 is 0 Å². The van der Waals surface area contributed by atoms with Gasteiger partial charge in [0, 0.05) is 10.6 Å². The molecule has 0 amide bonds. The van der Waals surface area contributed by atoms with Gasteiger partial charge in [-0.15, -0.1) is 11.8 Å². The Morgan fingerprint density at radius 1 is 1.08 bits per heavy atom. The number of aromatic amines is 1. The van der Waals surface area contributed by atoms with Crippen LogP contribution in [0, 0.1) is 11.3 Å². The molecular formula is C21H14ClN3S. The monoisotopic (exact) mass is 375 g/mol. The first-order valence-electron chi connectivity index (χ1n) is 8.08. The minimum atomic E-state index is 0.689. The summed E-state index contributed by atoms with van der Waals surface area (Å²) in [5.41, 5.74) is 5.76. The molecule has 0 spiro atoms. The molecule has 4 aromatic rings. The minimum absolute atomic E-state index is 0.689. The molecule has 0 aliphatic heterocycles. The maximum Gasteiger partial charge on any atom is 0.0998 e. The van der Waals surface area contributed by atoms with Crippen molar-refractivity contribution in [2.45, 2.75) is 10.6 Å². The number of nitrogens with zero attached hydrogens (tertiary/aromatic N) is 2. The molecule has 26 heavy (non-hydrogen) atoms. The second-order valence-corrected chi connectivity index (χ2v) is 7.27. The van der Waals surface area contributed by atoms with Crippen LogP contribution in [0.3, 0.4) is 0 Å². The molecule has 1 heterocycles. The highest BCUT2D eigenvalue weighted by atomic mass is 35.5. The third-order valence-corrected chi connectivity index (χ3v) is 5.73. The number of aromatic nitrogens is 2. The Bertz CT molecular complexity index is 1110. The van der Waals surface area contributed by atoms with Crippen LogP contribution in [0.5, 0.6) is 0 Å². The number of thioether (sulfide) groups is 1. The first-order valence-corrected chi connectivity index (χ1v) is 9.45. The predicted molar refractivity (Wildman–Crippen MR) is 107 cm³/mol. The van der Waals surface area contributed by atoms with Gasteiger partial charge in [-0.3, -0.25) is 0 Å². The molecule has 3 nitrogen and oxygen atoms in total. The fourth-order valence-electron chi connectivity index (χ4n) is 2.82. The largest absolute Gasteiger partial charge is 0.345 e. The van der Waals surface area contributed by atoms with E-state index in [-0.39, 0.29) is 0 Å². The van der Waals surface area contributed by atoms with E-state index >= 15 is 0 Å². The van der Waals surface area contributed by atoms with Crippen molar-refractivity contribution in [2.24, 2.45) is 0 Å². The molecule has 0 saturated carbocycles. The van der Waals surface area contributed by atoms with Crippen LogP contribution in [0.2, 0.25) is 5.02 Å². The quantitative estimate of drug-likeness (QED) is 0.442. The lowest BCUT2D eigenvalue weighted by Gasteiger charge is -2.07. The molecule has 0 aliphatic carbocycles. The van der Waals surface area contributed by atoms with E-state index in [0.717, 1.165) is 37.8 Å². The summed E-state index contributed by atoms with van der Waals surface area (Å²) in [5.74, 6) is 0.815. The summed E-state index contributed by atoms with van der Waals surface area (Å²) in [5, 5.41) is 9.99. The second-order valence-electron chi connectivity index (χ2n) is 5.85. The van der Waals surface area contributed by atoms with E-state index in [1.54, 1.807) is 18.1 Å². The molecule has 0 radical (unpaired) electrons. The molecule has 5 heteroatoms. The number of nitrogens with one attached hydrogen (secondary N) is 1. The zero-order valence-electron chi connectivity index (χ0n) is 13.7. The zero-order chi connectivity index (χ0) is 17.9. The maximum atomic E-state index is 9.26. The van der Waals surface area contributed by atoms with Gasteiger partial charge in [0.25, 0.3) is 0 Å². The van der Waals surface area contributed by atoms with Crippen LogP contribution in [0.25, 0.3) is 22.2 Å². The average molecular weight is 376 g/mol. The summed E-state index contributed by atoms with van der Waals surface area (Å²) in [6.45, 7) is 0. The molecule has 1 aromatic heterocycles. The van der Waals surface area contributed by atoms with Crippen molar-refractivity contribution >= 4 is 34.4 Å². The van der Waals surface area contributed by atoms with Crippen LogP contribution >= 0.6 is 23.4 Å². The number of rotatable bonds is 4. The lowest BCUT2D eigenvalue weighted by Crippen LogP contribution is -1.86. The van der Waals surface area contributed by atoms with Crippen LogP contribution in [0.4, 0.5) is 0 Å². The van der Waals surface area contributed by atoms with E-state index in [0.29, 0.717) is 5.56 Å². The van der Waals surface area contributed by atoms with Gasteiger partial charge >= 0.3 is 0 Å². The maximum absolute atomic E-state index is 9.26. The number of hydrogen-bond donors (Lipinski definition) is 1. The Kier molecular flexibility index (Phi) is 4.66. The lowest BCUT2D eigenvalue weighted by molar-refractivity contribution is 1.34. The summed E-state index contributed by atoms with van der Waals surface area (Å²) in [6.07, 6.45) is 1.67. The van der Waals surface area contributed by atoms with E-state index in [1.165, 1.54) is 5.56 Å². The molecule has 0 unspecified atom stereocenters. The van der Waals surface area contributed by atoms with Crippen LogP contribution in [-0.4, -0.2) is 9.97 Å². The van der Waals surface area contributed by atoms with E-state index in [1.807, 2.05) is 36.4 Å². The Morgan fingerprint density at radius 3 is 2.69 bits per heavy atom. The fourth-order valence-corrected chi connectivity index (χ4v) is 4.05. The first-order chi connectivity index (χ1) is 12.7. The fraction of sp³-hybridized carbons (Fsp3) is 0.0476. The number of H-pyrrole nitrogens is 1.